The number of nitrogens with one attached hydrogen (secondary N) is 2. The zero-order valence-corrected chi connectivity index (χ0v) is 17.7. The summed E-state index contributed by atoms with van der Waals surface area (Å²) >= 11 is 0. The second-order valence-corrected chi connectivity index (χ2v) is 8.30. The van der Waals surface area contributed by atoms with Crippen molar-refractivity contribution in [1.82, 2.24) is 20.2 Å². The van der Waals surface area contributed by atoms with Gasteiger partial charge in [0, 0.05) is 16.9 Å². The Morgan fingerprint density at radius 2 is 1.75 bits per heavy atom. The van der Waals surface area contributed by atoms with Crippen LogP contribution in [0.3, 0.4) is 0 Å². The predicted octanol–water partition coefficient (Wildman–Crippen LogP) is 2.72. The Bertz CT molecular complexity index is 1340. The van der Waals surface area contributed by atoms with Gasteiger partial charge in [0.2, 0.25) is 0 Å². The smallest absolute Gasteiger partial charge is 0.261 e. The largest absolute Gasteiger partial charge is 0.497 e. The fourth-order valence-corrected chi connectivity index (χ4v) is 3.99. The molecule has 0 atom stereocenters. The minimum Gasteiger partial charge on any atom is -0.497 e. The quantitative estimate of drug-likeness (QED) is 0.443. The fourth-order valence-electron chi connectivity index (χ4n) is 2.89. The first-order valence-electron chi connectivity index (χ1n) is 9.36. The molecule has 0 radical (unpaired) electrons. The summed E-state index contributed by atoms with van der Waals surface area (Å²) in [5.74, 6) is 0.208. The minimum atomic E-state index is -3.86. The molecule has 1 heterocycles. The molecular formula is C21H18N6O4S. The molecule has 0 saturated heterocycles. The molecule has 0 saturated carbocycles. The lowest BCUT2D eigenvalue weighted by Gasteiger charge is -2.11. The summed E-state index contributed by atoms with van der Waals surface area (Å²) in [5, 5.41) is 13.7. The van der Waals surface area contributed by atoms with Gasteiger partial charge in [0.05, 0.1) is 17.7 Å². The van der Waals surface area contributed by atoms with Crippen LogP contribution in [0, 0.1) is 0 Å². The van der Waals surface area contributed by atoms with Gasteiger partial charge < -0.3 is 10.1 Å². The third-order valence-electron chi connectivity index (χ3n) is 4.47. The van der Waals surface area contributed by atoms with Crippen molar-refractivity contribution in [3.63, 3.8) is 0 Å². The van der Waals surface area contributed by atoms with Gasteiger partial charge in [-0.3, -0.25) is 9.52 Å². The van der Waals surface area contributed by atoms with E-state index in [-0.39, 0.29) is 4.90 Å². The van der Waals surface area contributed by atoms with Crippen LogP contribution in [0.15, 0.2) is 84.0 Å². The number of methoxy groups -OCH3 is 1. The van der Waals surface area contributed by atoms with Gasteiger partial charge in [-0.1, -0.05) is 12.1 Å². The number of ether oxygens (including phenoxy) is 1. The molecule has 1 aromatic heterocycles. The van der Waals surface area contributed by atoms with Gasteiger partial charge in [0.15, 0.2) is 0 Å². The monoisotopic (exact) mass is 450 g/mol. The molecule has 4 rings (SSSR count). The topological polar surface area (TPSA) is 128 Å². The summed E-state index contributed by atoms with van der Waals surface area (Å²) < 4.78 is 34.5. The van der Waals surface area contributed by atoms with E-state index in [0.29, 0.717) is 28.4 Å². The summed E-state index contributed by atoms with van der Waals surface area (Å²) in [7, 11) is -2.33. The third-order valence-corrected chi connectivity index (χ3v) is 5.85. The average Bonchev–Trinajstić information content (AvgIpc) is 3.35. The number of sulfonamides is 1. The van der Waals surface area contributed by atoms with Gasteiger partial charge in [0.1, 0.15) is 12.1 Å². The van der Waals surface area contributed by atoms with Crippen LogP contribution in [0.4, 0.5) is 11.4 Å². The number of tetrazole rings is 1. The molecule has 2 N–H and O–H groups in total. The van der Waals surface area contributed by atoms with E-state index in [1.165, 1.54) is 30.3 Å². The summed E-state index contributed by atoms with van der Waals surface area (Å²) in [6, 6.07) is 19.2. The fraction of sp³-hybridized carbons (Fsp3) is 0.0476. The van der Waals surface area contributed by atoms with Gasteiger partial charge in [-0.2, -0.15) is 0 Å². The van der Waals surface area contributed by atoms with Crippen LogP contribution >= 0.6 is 0 Å². The SMILES string of the molecule is COc1ccc(NS(=O)(=O)c2cccc(NC(=O)c3cccc(-n4cnnn4)c3)c2)cc1. The van der Waals surface area contributed by atoms with Crippen molar-refractivity contribution < 1.29 is 17.9 Å². The molecule has 0 aliphatic carbocycles. The Balaban J connectivity index is 1.51. The molecule has 32 heavy (non-hydrogen) atoms. The normalized spacial score (nSPS) is 11.0. The maximum Gasteiger partial charge on any atom is 0.261 e. The lowest BCUT2D eigenvalue weighted by atomic mass is 10.2. The molecule has 0 aliphatic rings. The number of benzene rings is 3. The van der Waals surface area contributed by atoms with Crippen molar-refractivity contribution in [2.75, 3.05) is 17.1 Å². The highest BCUT2D eigenvalue weighted by atomic mass is 32.2. The molecule has 0 unspecified atom stereocenters. The predicted molar refractivity (Wildman–Crippen MR) is 117 cm³/mol. The second kappa shape index (κ2) is 8.86. The third kappa shape index (κ3) is 4.73. The highest BCUT2D eigenvalue weighted by Crippen LogP contribution is 2.22. The molecule has 0 fully saturated rings. The van der Waals surface area contributed by atoms with Crippen LogP contribution in [0.25, 0.3) is 5.69 Å². The van der Waals surface area contributed by atoms with Crippen LogP contribution in [0.5, 0.6) is 5.75 Å². The highest BCUT2D eigenvalue weighted by Gasteiger charge is 2.16. The van der Waals surface area contributed by atoms with Gasteiger partial charge in [-0.15, -0.1) is 5.10 Å². The molecule has 1 amide bonds. The molecule has 4 aromatic rings. The first kappa shape index (κ1) is 21.0. The average molecular weight is 450 g/mol. The van der Waals surface area contributed by atoms with E-state index in [1.54, 1.807) is 60.7 Å². The number of nitrogens with zero attached hydrogens (tertiary/aromatic N) is 4. The lowest BCUT2D eigenvalue weighted by Crippen LogP contribution is -2.15. The first-order valence-corrected chi connectivity index (χ1v) is 10.8. The van der Waals surface area contributed by atoms with Crippen LogP contribution in [0.1, 0.15) is 10.4 Å². The Hall–Kier alpha value is -4.25. The van der Waals surface area contributed by atoms with Gasteiger partial charge in [0.25, 0.3) is 15.9 Å². The van der Waals surface area contributed by atoms with Crippen molar-refractivity contribution in [2.45, 2.75) is 4.90 Å². The number of carbonyl (C=O) groups is 1. The van der Waals surface area contributed by atoms with E-state index in [0.717, 1.165) is 0 Å². The van der Waals surface area contributed by atoms with E-state index in [2.05, 4.69) is 25.6 Å². The summed E-state index contributed by atoms with van der Waals surface area (Å²) in [4.78, 5) is 12.7. The van der Waals surface area contributed by atoms with Crippen LogP contribution in [-0.2, 0) is 10.0 Å². The first-order chi connectivity index (χ1) is 15.4. The van der Waals surface area contributed by atoms with E-state index >= 15 is 0 Å². The zero-order valence-electron chi connectivity index (χ0n) is 16.8. The Kier molecular flexibility index (Phi) is 5.81. The molecule has 0 aliphatic heterocycles. The van der Waals surface area contributed by atoms with Crippen molar-refractivity contribution in [1.29, 1.82) is 0 Å². The highest BCUT2D eigenvalue weighted by molar-refractivity contribution is 7.92. The van der Waals surface area contributed by atoms with E-state index in [1.807, 2.05) is 0 Å². The molecule has 11 heteroatoms. The van der Waals surface area contributed by atoms with E-state index in [4.69, 9.17) is 4.74 Å². The maximum atomic E-state index is 12.8. The summed E-state index contributed by atoms with van der Waals surface area (Å²) in [5.41, 5.74) is 1.70. The minimum absolute atomic E-state index is 0.00792. The van der Waals surface area contributed by atoms with Crippen LogP contribution in [0.2, 0.25) is 0 Å². The number of hydrogen-bond donors (Lipinski definition) is 2. The van der Waals surface area contributed by atoms with Crippen LogP contribution in [-0.4, -0.2) is 41.6 Å². The lowest BCUT2D eigenvalue weighted by molar-refractivity contribution is 0.102. The van der Waals surface area contributed by atoms with E-state index in [9.17, 15) is 13.2 Å². The van der Waals surface area contributed by atoms with Gasteiger partial charge in [-0.05, 0) is 71.1 Å². The van der Waals surface area contributed by atoms with Crippen molar-refractivity contribution >= 4 is 27.3 Å². The summed E-state index contributed by atoms with van der Waals surface area (Å²) in [6.45, 7) is 0. The number of carbonyl (C=O) groups excluding carboxylic acids is 1. The number of anilines is 2. The summed E-state index contributed by atoms with van der Waals surface area (Å²) in [6.07, 6.45) is 1.42. The van der Waals surface area contributed by atoms with Crippen molar-refractivity contribution in [2.24, 2.45) is 0 Å². The Morgan fingerprint density at radius 3 is 2.47 bits per heavy atom. The molecule has 0 bridgehead atoms. The molecule has 10 nitrogen and oxygen atoms in total. The molecule has 3 aromatic carbocycles. The van der Waals surface area contributed by atoms with Gasteiger partial charge >= 0.3 is 0 Å². The zero-order chi connectivity index (χ0) is 22.6. The molecule has 162 valence electrons. The van der Waals surface area contributed by atoms with E-state index < -0.39 is 15.9 Å². The number of hydrogen-bond acceptors (Lipinski definition) is 7. The van der Waals surface area contributed by atoms with Crippen molar-refractivity contribution in [3.05, 3.63) is 84.7 Å². The number of amides is 1. The molecule has 0 spiro atoms. The Morgan fingerprint density at radius 1 is 0.969 bits per heavy atom. The maximum absolute atomic E-state index is 12.8. The second-order valence-electron chi connectivity index (χ2n) is 6.62. The van der Waals surface area contributed by atoms with Crippen LogP contribution < -0.4 is 14.8 Å². The Labute approximate surface area is 183 Å². The number of aromatic nitrogens is 4. The molecular weight excluding hydrogens is 432 g/mol. The van der Waals surface area contributed by atoms with Gasteiger partial charge in [-0.25, -0.2) is 13.1 Å². The number of rotatable bonds is 7. The van der Waals surface area contributed by atoms with Crippen molar-refractivity contribution in [3.8, 4) is 11.4 Å². The standard InChI is InChI=1S/C21H18N6O4S/c1-31-19-10-8-16(9-11-19)24-32(29,30)20-7-3-5-17(13-20)23-21(28)15-4-2-6-18(12-15)27-14-22-25-26-27/h2-14,24H,1H3,(H,23,28).